The molecule has 2 aliphatic rings. The molecule has 7 heteroatoms. The van der Waals surface area contributed by atoms with Gasteiger partial charge in [-0.15, -0.1) is 0 Å². The van der Waals surface area contributed by atoms with Gasteiger partial charge in [0, 0.05) is 45.6 Å². The van der Waals surface area contributed by atoms with Crippen LogP contribution in [0.4, 0.5) is 8.78 Å². The summed E-state index contributed by atoms with van der Waals surface area (Å²) in [6, 6.07) is 6.88. The van der Waals surface area contributed by atoms with Gasteiger partial charge >= 0.3 is 0 Å². The second-order valence-corrected chi connectivity index (χ2v) is 9.27. The minimum absolute atomic E-state index is 0.00602. The third kappa shape index (κ3) is 4.57. The van der Waals surface area contributed by atoms with E-state index in [1.54, 1.807) is 24.3 Å². The normalized spacial score (nSPS) is 25.8. The monoisotopic (exact) mass is 372 g/mol. The number of nitrogens with zero attached hydrogens (tertiary/aromatic N) is 2. The van der Waals surface area contributed by atoms with Crippen LogP contribution in [-0.4, -0.2) is 56.3 Å². The molecule has 1 saturated carbocycles. The van der Waals surface area contributed by atoms with E-state index in [0.29, 0.717) is 44.0 Å². The summed E-state index contributed by atoms with van der Waals surface area (Å²) in [7, 11) is -3.47. The molecule has 0 N–H and O–H groups in total. The van der Waals surface area contributed by atoms with Crippen molar-refractivity contribution in [2.75, 3.05) is 32.7 Å². The molecule has 1 aliphatic carbocycles. The molecule has 2 fully saturated rings. The number of aryl methyl sites for hydroxylation is 1. The summed E-state index contributed by atoms with van der Waals surface area (Å²) >= 11 is 0. The smallest absolute Gasteiger partial charge is 0.248 e. The topological polar surface area (TPSA) is 40.6 Å². The van der Waals surface area contributed by atoms with Crippen LogP contribution in [0.5, 0.6) is 0 Å². The number of piperazine rings is 1. The van der Waals surface area contributed by atoms with E-state index in [4.69, 9.17) is 0 Å². The molecule has 3 rings (SSSR count). The fourth-order valence-corrected chi connectivity index (χ4v) is 5.23. The quantitative estimate of drug-likeness (QED) is 0.815. The number of hydrogen-bond acceptors (Lipinski definition) is 3. The van der Waals surface area contributed by atoms with Gasteiger partial charge in [0.15, 0.2) is 0 Å². The zero-order valence-electron chi connectivity index (χ0n) is 14.6. The van der Waals surface area contributed by atoms with Crippen molar-refractivity contribution in [2.45, 2.75) is 43.4 Å². The highest BCUT2D eigenvalue weighted by atomic mass is 32.2. The molecule has 0 bridgehead atoms. The predicted molar refractivity (Wildman–Crippen MR) is 93.3 cm³/mol. The highest BCUT2D eigenvalue weighted by Gasteiger charge is 2.37. The Labute approximate surface area is 148 Å². The molecule has 0 spiro atoms. The van der Waals surface area contributed by atoms with Crippen LogP contribution in [0.15, 0.2) is 29.2 Å². The van der Waals surface area contributed by atoms with Crippen LogP contribution in [0.3, 0.4) is 0 Å². The maximum Gasteiger partial charge on any atom is 0.248 e. The minimum Gasteiger partial charge on any atom is -0.300 e. The molecule has 140 valence electrons. The van der Waals surface area contributed by atoms with Crippen molar-refractivity contribution in [3.63, 3.8) is 0 Å². The maximum atomic E-state index is 13.5. The average molecular weight is 372 g/mol. The Hall–Kier alpha value is -1.05. The summed E-state index contributed by atoms with van der Waals surface area (Å²) in [4.78, 5) is 2.45. The van der Waals surface area contributed by atoms with Gasteiger partial charge in [0.1, 0.15) is 0 Å². The Morgan fingerprint density at radius 3 is 2.36 bits per heavy atom. The van der Waals surface area contributed by atoms with Crippen LogP contribution >= 0.6 is 0 Å². The zero-order chi connectivity index (χ0) is 18.1. The molecule has 1 aromatic carbocycles. The van der Waals surface area contributed by atoms with Gasteiger partial charge in [-0.2, -0.15) is 4.31 Å². The van der Waals surface area contributed by atoms with E-state index in [1.165, 1.54) is 4.31 Å². The molecule has 0 radical (unpaired) electrons. The minimum atomic E-state index is -3.47. The second kappa shape index (κ2) is 7.29. The van der Waals surface area contributed by atoms with E-state index in [-0.39, 0.29) is 18.8 Å². The Kier molecular flexibility index (Phi) is 5.46. The summed E-state index contributed by atoms with van der Waals surface area (Å²) in [6.07, 6.45) is 1.40. The molecule has 1 aliphatic heterocycles. The molecule has 1 aromatic rings. The van der Waals surface area contributed by atoms with Crippen molar-refractivity contribution in [3.05, 3.63) is 29.8 Å². The average Bonchev–Trinajstić information content (AvgIpc) is 2.55. The lowest BCUT2D eigenvalue weighted by molar-refractivity contribution is -0.0577. The summed E-state index contributed by atoms with van der Waals surface area (Å²) in [5.74, 6) is -2.51. The van der Waals surface area contributed by atoms with Gasteiger partial charge in [0.05, 0.1) is 4.90 Å². The molecular weight excluding hydrogens is 346 g/mol. The Morgan fingerprint density at radius 1 is 1.12 bits per heavy atom. The zero-order valence-corrected chi connectivity index (χ0v) is 15.4. The number of alkyl halides is 2. The first-order valence-corrected chi connectivity index (χ1v) is 10.4. The Morgan fingerprint density at radius 2 is 1.76 bits per heavy atom. The molecule has 0 aromatic heterocycles. The van der Waals surface area contributed by atoms with Crippen molar-refractivity contribution >= 4 is 10.0 Å². The lowest BCUT2D eigenvalue weighted by Crippen LogP contribution is -2.50. The van der Waals surface area contributed by atoms with E-state index in [0.717, 1.165) is 12.0 Å². The van der Waals surface area contributed by atoms with Crippen LogP contribution < -0.4 is 0 Å². The van der Waals surface area contributed by atoms with Gasteiger partial charge in [-0.25, -0.2) is 17.2 Å². The van der Waals surface area contributed by atoms with Gasteiger partial charge < -0.3 is 4.90 Å². The fraction of sp³-hybridized carbons (Fsp3) is 0.667. The van der Waals surface area contributed by atoms with E-state index < -0.39 is 15.9 Å². The Bertz CT molecular complexity index is 684. The van der Waals surface area contributed by atoms with Gasteiger partial charge in [0.2, 0.25) is 15.9 Å². The van der Waals surface area contributed by atoms with Gasteiger partial charge in [-0.05, 0) is 37.8 Å². The van der Waals surface area contributed by atoms with Crippen molar-refractivity contribution in [2.24, 2.45) is 5.92 Å². The highest BCUT2D eigenvalue weighted by Crippen LogP contribution is 2.37. The van der Waals surface area contributed by atoms with E-state index in [9.17, 15) is 17.2 Å². The number of benzene rings is 1. The standard InChI is InChI=1S/C18H26F2N2O2S/c1-15-4-6-17(7-5-15)25(23,24)22-11-9-21(10-12-22)14-16-3-2-8-18(19,20)13-16/h4-7,16H,2-3,8-14H2,1H3. The van der Waals surface area contributed by atoms with Crippen LogP contribution in [0.1, 0.15) is 31.2 Å². The lowest BCUT2D eigenvalue weighted by atomic mass is 9.86. The number of rotatable bonds is 4. The Balaban J connectivity index is 1.55. The molecule has 1 unspecified atom stereocenters. The summed E-state index contributed by atoms with van der Waals surface area (Å²) in [5, 5.41) is 0. The van der Waals surface area contributed by atoms with E-state index in [1.807, 2.05) is 6.92 Å². The predicted octanol–water partition coefficient (Wildman–Crippen LogP) is 3.13. The first-order valence-electron chi connectivity index (χ1n) is 8.93. The summed E-state index contributed by atoms with van der Waals surface area (Å²) in [5.41, 5.74) is 1.02. The van der Waals surface area contributed by atoms with Crippen LogP contribution in [0.2, 0.25) is 0 Å². The molecule has 25 heavy (non-hydrogen) atoms. The summed E-state index contributed by atoms with van der Waals surface area (Å²) < 4.78 is 54.0. The van der Waals surface area contributed by atoms with Crippen LogP contribution in [-0.2, 0) is 10.0 Å². The molecule has 1 atom stereocenters. The van der Waals surface area contributed by atoms with Crippen molar-refractivity contribution in [1.82, 2.24) is 9.21 Å². The summed E-state index contributed by atoms with van der Waals surface area (Å²) in [6.45, 7) is 4.61. The second-order valence-electron chi connectivity index (χ2n) is 7.34. The third-order valence-electron chi connectivity index (χ3n) is 5.25. The maximum absolute atomic E-state index is 13.5. The number of sulfonamides is 1. The van der Waals surface area contributed by atoms with Crippen LogP contribution in [0, 0.1) is 12.8 Å². The lowest BCUT2D eigenvalue weighted by Gasteiger charge is -2.37. The molecule has 1 saturated heterocycles. The highest BCUT2D eigenvalue weighted by molar-refractivity contribution is 7.89. The van der Waals surface area contributed by atoms with Crippen molar-refractivity contribution in [3.8, 4) is 0 Å². The van der Waals surface area contributed by atoms with Crippen molar-refractivity contribution in [1.29, 1.82) is 0 Å². The van der Waals surface area contributed by atoms with E-state index >= 15 is 0 Å². The van der Waals surface area contributed by atoms with Crippen LogP contribution in [0.25, 0.3) is 0 Å². The van der Waals surface area contributed by atoms with Gasteiger partial charge in [-0.3, -0.25) is 0 Å². The largest absolute Gasteiger partial charge is 0.300 e. The number of hydrogen-bond donors (Lipinski definition) is 0. The molecule has 0 amide bonds. The SMILES string of the molecule is Cc1ccc(S(=O)(=O)N2CCN(CC3CCCC(F)(F)C3)CC2)cc1. The number of halogens is 2. The van der Waals surface area contributed by atoms with E-state index in [2.05, 4.69) is 4.90 Å². The van der Waals surface area contributed by atoms with Gasteiger partial charge in [0.25, 0.3) is 0 Å². The fourth-order valence-electron chi connectivity index (χ4n) is 3.81. The first-order chi connectivity index (χ1) is 11.8. The third-order valence-corrected chi connectivity index (χ3v) is 7.16. The molecule has 1 heterocycles. The molecular formula is C18H26F2N2O2S. The van der Waals surface area contributed by atoms with Crippen molar-refractivity contribution < 1.29 is 17.2 Å². The van der Waals surface area contributed by atoms with Gasteiger partial charge in [-0.1, -0.05) is 17.7 Å². The molecule has 4 nitrogen and oxygen atoms in total. The first kappa shape index (κ1) is 18.7.